The first-order valence-electron chi connectivity index (χ1n) is 7.66. The second-order valence-corrected chi connectivity index (χ2v) is 6.54. The van der Waals surface area contributed by atoms with Gasteiger partial charge in [0.1, 0.15) is 0 Å². The van der Waals surface area contributed by atoms with Crippen molar-refractivity contribution in [3.05, 3.63) is 0 Å². The van der Waals surface area contributed by atoms with Gasteiger partial charge in [-0.3, -0.25) is 4.90 Å². The lowest BCUT2D eigenvalue weighted by atomic mass is 10.1. The molecule has 1 unspecified atom stereocenters. The molecule has 2 rings (SSSR count). The minimum absolute atomic E-state index is 0.783. The summed E-state index contributed by atoms with van der Waals surface area (Å²) < 4.78 is 0. The second kappa shape index (κ2) is 6.19. The standard InChI is InChI=1S/C15H30N2/c1-12(2)11-17(15-8-9-15)13(3)5-4-10-16-14-6-7-14/h12-16H,4-11H2,1-3H3. The Balaban J connectivity index is 1.61. The molecule has 17 heavy (non-hydrogen) atoms. The van der Waals surface area contributed by atoms with Gasteiger partial charge in [-0.1, -0.05) is 13.8 Å². The first kappa shape index (κ1) is 13.4. The van der Waals surface area contributed by atoms with Crippen molar-refractivity contribution in [1.29, 1.82) is 0 Å². The van der Waals surface area contributed by atoms with Crippen LogP contribution in [0, 0.1) is 5.92 Å². The molecule has 2 aliphatic carbocycles. The fraction of sp³-hybridized carbons (Fsp3) is 1.00. The van der Waals surface area contributed by atoms with Crippen molar-refractivity contribution >= 4 is 0 Å². The van der Waals surface area contributed by atoms with Crippen LogP contribution in [0.25, 0.3) is 0 Å². The molecule has 0 aromatic rings. The summed E-state index contributed by atoms with van der Waals surface area (Å²) in [5.41, 5.74) is 0. The minimum atomic E-state index is 0.783. The van der Waals surface area contributed by atoms with E-state index in [9.17, 15) is 0 Å². The monoisotopic (exact) mass is 238 g/mol. The molecule has 2 aliphatic rings. The second-order valence-electron chi connectivity index (χ2n) is 6.54. The Morgan fingerprint density at radius 2 is 1.82 bits per heavy atom. The van der Waals surface area contributed by atoms with Crippen LogP contribution in [0.15, 0.2) is 0 Å². The zero-order chi connectivity index (χ0) is 12.3. The number of nitrogens with zero attached hydrogens (tertiary/aromatic N) is 1. The third kappa shape index (κ3) is 4.97. The predicted octanol–water partition coefficient (Wildman–Crippen LogP) is 3.03. The van der Waals surface area contributed by atoms with E-state index >= 15 is 0 Å². The molecule has 2 saturated carbocycles. The molecular weight excluding hydrogens is 208 g/mol. The van der Waals surface area contributed by atoms with Gasteiger partial charge in [-0.05, 0) is 57.9 Å². The van der Waals surface area contributed by atoms with Crippen LogP contribution >= 0.6 is 0 Å². The highest BCUT2D eigenvalue weighted by Crippen LogP contribution is 2.30. The smallest absolute Gasteiger partial charge is 0.00993 e. The van der Waals surface area contributed by atoms with Gasteiger partial charge in [0.05, 0.1) is 0 Å². The number of rotatable bonds is 9. The topological polar surface area (TPSA) is 15.3 Å². The zero-order valence-corrected chi connectivity index (χ0v) is 11.9. The largest absolute Gasteiger partial charge is 0.314 e. The molecule has 1 atom stereocenters. The van der Waals surface area contributed by atoms with Gasteiger partial charge in [-0.15, -0.1) is 0 Å². The van der Waals surface area contributed by atoms with Gasteiger partial charge in [-0.2, -0.15) is 0 Å². The summed E-state index contributed by atoms with van der Waals surface area (Å²) in [7, 11) is 0. The van der Waals surface area contributed by atoms with Crippen molar-refractivity contribution in [3.63, 3.8) is 0 Å². The Kier molecular flexibility index (Phi) is 4.87. The van der Waals surface area contributed by atoms with E-state index in [-0.39, 0.29) is 0 Å². The first-order chi connectivity index (χ1) is 8.16. The van der Waals surface area contributed by atoms with E-state index in [0.717, 1.165) is 24.0 Å². The van der Waals surface area contributed by atoms with Crippen LogP contribution < -0.4 is 5.32 Å². The molecule has 2 heteroatoms. The normalized spacial score (nSPS) is 22.4. The van der Waals surface area contributed by atoms with Gasteiger partial charge in [0.2, 0.25) is 0 Å². The number of nitrogens with one attached hydrogen (secondary N) is 1. The van der Waals surface area contributed by atoms with E-state index in [1.54, 1.807) is 0 Å². The summed E-state index contributed by atoms with van der Waals surface area (Å²) in [6.07, 6.45) is 8.42. The average molecular weight is 238 g/mol. The summed E-state index contributed by atoms with van der Waals surface area (Å²) in [5.74, 6) is 0.808. The van der Waals surface area contributed by atoms with Crippen LogP contribution in [0.3, 0.4) is 0 Å². The van der Waals surface area contributed by atoms with E-state index in [2.05, 4.69) is 31.0 Å². The lowest BCUT2D eigenvalue weighted by molar-refractivity contribution is 0.166. The molecule has 2 fully saturated rings. The van der Waals surface area contributed by atoms with Crippen molar-refractivity contribution in [2.45, 2.75) is 77.4 Å². The molecule has 2 nitrogen and oxygen atoms in total. The van der Waals surface area contributed by atoms with Crippen LogP contribution in [-0.4, -0.2) is 36.1 Å². The first-order valence-corrected chi connectivity index (χ1v) is 7.66. The highest BCUT2D eigenvalue weighted by Gasteiger charge is 2.32. The molecule has 100 valence electrons. The Bertz CT molecular complexity index is 219. The Labute approximate surface area is 107 Å². The van der Waals surface area contributed by atoms with E-state index in [4.69, 9.17) is 0 Å². The molecule has 0 amide bonds. The highest BCUT2D eigenvalue weighted by molar-refractivity contribution is 4.88. The van der Waals surface area contributed by atoms with Gasteiger partial charge < -0.3 is 5.32 Å². The SMILES string of the molecule is CC(C)CN(C(C)CCCNC1CC1)C1CC1. The molecule has 0 spiro atoms. The lowest BCUT2D eigenvalue weighted by Gasteiger charge is -2.30. The van der Waals surface area contributed by atoms with E-state index in [1.165, 1.54) is 51.6 Å². The average Bonchev–Trinajstić information content (AvgIpc) is 3.14. The molecule has 0 radical (unpaired) electrons. The fourth-order valence-electron chi connectivity index (χ4n) is 2.67. The van der Waals surface area contributed by atoms with Crippen LogP contribution in [0.2, 0.25) is 0 Å². The zero-order valence-electron chi connectivity index (χ0n) is 11.9. The van der Waals surface area contributed by atoms with Gasteiger partial charge >= 0.3 is 0 Å². The Morgan fingerprint density at radius 3 is 2.35 bits per heavy atom. The third-order valence-corrected chi connectivity index (χ3v) is 3.97. The van der Waals surface area contributed by atoms with Crippen molar-refractivity contribution in [1.82, 2.24) is 10.2 Å². The van der Waals surface area contributed by atoms with E-state index < -0.39 is 0 Å². The van der Waals surface area contributed by atoms with Crippen molar-refractivity contribution in [3.8, 4) is 0 Å². The molecule has 0 bridgehead atoms. The molecule has 0 saturated heterocycles. The van der Waals surface area contributed by atoms with Crippen molar-refractivity contribution < 1.29 is 0 Å². The molecule has 0 heterocycles. The maximum atomic E-state index is 3.62. The van der Waals surface area contributed by atoms with Gasteiger partial charge in [0.25, 0.3) is 0 Å². The predicted molar refractivity (Wildman–Crippen MR) is 74.3 cm³/mol. The number of hydrogen-bond donors (Lipinski definition) is 1. The van der Waals surface area contributed by atoms with Gasteiger partial charge in [0, 0.05) is 24.7 Å². The fourth-order valence-corrected chi connectivity index (χ4v) is 2.67. The van der Waals surface area contributed by atoms with Crippen LogP contribution in [0.5, 0.6) is 0 Å². The maximum Gasteiger partial charge on any atom is 0.00993 e. The molecule has 0 aromatic carbocycles. The summed E-state index contributed by atoms with van der Waals surface area (Å²) >= 11 is 0. The third-order valence-electron chi connectivity index (χ3n) is 3.97. The summed E-state index contributed by atoms with van der Waals surface area (Å²) in [6, 6.07) is 2.58. The number of hydrogen-bond acceptors (Lipinski definition) is 2. The van der Waals surface area contributed by atoms with Crippen LogP contribution in [0.1, 0.15) is 59.3 Å². The molecular formula is C15H30N2. The quantitative estimate of drug-likeness (QED) is 0.621. The summed E-state index contributed by atoms with van der Waals surface area (Å²) in [4.78, 5) is 2.77. The lowest BCUT2D eigenvalue weighted by Crippen LogP contribution is -2.38. The Morgan fingerprint density at radius 1 is 1.12 bits per heavy atom. The highest BCUT2D eigenvalue weighted by atomic mass is 15.2. The molecule has 0 aromatic heterocycles. The minimum Gasteiger partial charge on any atom is -0.314 e. The van der Waals surface area contributed by atoms with Gasteiger partial charge in [0.15, 0.2) is 0 Å². The van der Waals surface area contributed by atoms with E-state index in [0.29, 0.717) is 0 Å². The van der Waals surface area contributed by atoms with Crippen molar-refractivity contribution in [2.75, 3.05) is 13.1 Å². The molecule has 0 aliphatic heterocycles. The Hall–Kier alpha value is -0.0800. The van der Waals surface area contributed by atoms with Crippen molar-refractivity contribution in [2.24, 2.45) is 5.92 Å². The van der Waals surface area contributed by atoms with Crippen LogP contribution in [0.4, 0.5) is 0 Å². The summed E-state index contributed by atoms with van der Waals surface area (Å²) in [5, 5.41) is 3.62. The van der Waals surface area contributed by atoms with E-state index in [1.807, 2.05) is 0 Å². The molecule has 1 N–H and O–H groups in total. The van der Waals surface area contributed by atoms with Gasteiger partial charge in [-0.25, -0.2) is 0 Å². The summed E-state index contributed by atoms with van der Waals surface area (Å²) in [6.45, 7) is 9.64. The van der Waals surface area contributed by atoms with Crippen LogP contribution in [-0.2, 0) is 0 Å². The maximum absolute atomic E-state index is 3.62.